The van der Waals surface area contributed by atoms with Crippen LogP contribution < -0.4 is 10.6 Å². The van der Waals surface area contributed by atoms with Crippen molar-refractivity contribution in [1.29, 1.82) is 0 Å². The maximum Gasteiger partial charge on any atom is 0.411 e. The smallest absolute Gasteiger partial charge is 0.411 e. The molecule has 1 saturated carbocycles. The van der Waals surface area contributed by atoms with Crippen LogP contribution in [0.3, 0.4) is 0 Å². The number of ketones is 1. The molecule has 3 aliphatic rings. The van der Waals surface area contributed by atoms with Crippen molar-refractivity contribution in [2.45, 2.75) is 44.1 Å². The number of carbonyl (C=O) groups is 4. The molecular formula is C25H25F5N4O5. The molecule has 39 heavy (non-hydrogen) atoms. The van der Waals surface area contributed by atoms with E-state index in [4.69, 9.17) is 4.74 Å². The highest BCUT2D eigenvalue weighted by atomic mass is 19.4. The van der Waals surface area contributed by atoms with Crippen molar-refractivity contribution in [3.63, 3.8) is 0 Å². The number of amides is 4. The van der Waals surface area contributed by atoms with Crippen LogP contribution in [0.15, 0.2) is 47.4 Å². The number of allylic oxidation sites excluding steroid dienone is 3. The van der Waals surface area contributed by atoms with Crippen LogP contribution in [0, 0.1) is 11.7 Å². The van der Waals surface area contributed by atoms with Crippen molar-refractivity contribution >= 4 is 23.8 Å². The maximum absolute atomic E-state index is 14.8. The predicted molar refractivity (Wildman–Crippen MR) is 125 cm³/mol. The first-order valence-corrected chi connectivity index (χ1v) is 12.0. The first kappa shape index (κ1) is 28.0. The number of fused-ring (bicyclic) bond motifs is 2. The van der Waals surface area contributed by atoms with Crippen LogP contribution in [0.1, 0.15) is 25.3 Å². The number of ether oxygens (including phenoxy) is 1. The van der Waals surface area contributed by atoms with Crippen molar-refractivity contribution in [2.24, 2.45) is 5.92 Å². The summed E-state index contributed by atoms with van der Waals surface area (Å²) in [5.41, 5.74) is -1.59. The second-order valence-electron chi connectivity index (χ2n) is 9.57. The molecular weight excluding hydrogens is 531 g/mol. The molecule has 3 unspecified atom stereocenters. The second kappa shape index (κ2) is 10.3. The zero-order chi connectivity index (χ0) is 28.7. The largest absolute Gasteiger partial charge is 0.436 e. The summed E-state index contributed by atoms with van der Waals surface area (Å²) in [4.78, 5) is 51.7. The van der Waals surface area contributed by atoms with Crippen molar-refractivity contribution in [2.75, 3.05) is 20.1 Å². The van der Waals surface area contributed by atoms with Gasteiger partial charge in [0.2, 0.25) is 5.91 Å². The number of hydrogen-bond donors (Lipinski definition) is 2. The van der Waals surface area contributed by atoms with Gasteiger partial charge < -0.3 is 20.3 Å². The molecule has 1 saturated heterocycles. The van der Waals surface area contributed by atoms with Crippen molar-refractivity contribution < 1.29 is 45.9 Å². The molecule has 0 radical (unpaired) electrons. The molecule has 210 valence electrons. The van der Waals surface area contributed by atoms with Gasteiger partial charge in [0.25, 0.3) is 0 Å². The number of halogens is 5. The third-order valence-electron chi connectivity index (χ3n) is 7.13. The van der Waals surface area contributed by atoms with Crippen LogP contribution in [-0.4, -0.2) is 71.6 Å². The molecule has 4 rings (SSSR count). The molecule has 0 aromatic heterocycles. The van der Waals surface area contributed by atoms with Gasteiger partial charge in [-0.15, -0.1) is 0 Å². The van der Waals surface area contributed by atoms with E-state index in [0.29, 0.717) is 4.90 Å². The SMILES string of the molecule is CNC(=O)NC1=C(F)C=C2C(CCC23CN(CC(=O)N(Cc2ccc(F)cc2)C(C)C(F)(F)F)C(=O)O3)C1=O. The Morgan fingerprint density at radius 2 is 1.87 bits per heavy atom. The molecule has 9 nitrogen and oxygen atoms in total. The molecule has 1 aromatic rings. The number of urea groups is 1. The summed E-state index contributed by atoms with van der Waals surface area (Å²) >= 11 is 0. The van der Waals surface area contributed by atoms with Gasteiger partial charge in [-0.25, -0.2) is 18.4 Å². The third kappa shape index (κ3) is 5.45. The van der Waals surface area contributed by atoms with Gasteiger partial charge in [0.05, 0.1) is 6.54 Å². The average Bonchev–Trinajstić information content (AvgIpc) is 3.38. The van der Waals surface area contributed by atoms with Gasteiger partial charge >= 0.3 is 18.3 Å². The van der Waals surface area contributed by atoms with Gasteiger partial charge in [-0.1, -0.05) is 12.1 Å². The van der Waals surface area contributed by atoms with E-state index < -0.39 is 78.0 Å². The lowest BCUT2D eigenvalue weighted by molar-refractivity contribution is -0.187. The molecule has 1 heterocycles. The van der Waals surface area contributed by atoms with E-state index in [1.54, 1.807) is 0 Å². The zero-order valence-electron chi connectivity index (χ0n) is 20.9. The first-order valence-electron chi connectivity index (χ1n) is 12.0. The maximum atomic E-state index is 14.8. The summed E-state index contributed by atoms with van der Waals surface area (Å²) in [5.74, 6) is -4.27. The number of benzene rings is 1. The number of Topliss-reactive ketones (excluding diaryl/α,β-unsaturated/α-hetero) is 1. The summed E-state index contributed by atoms with van der Waals surface area (Å²) in [6.07, 6.45) is -4.51. The Kier molecular flexibility index (Phi) is 7.41. The van der Waals surface area contributed by atoms with Gasteiger partial charge in [-0.3, -0.25) is 14.5 Å². The molecule has 4 amide bonds. The van der Waals surface area contributed by atoms with Crippen LogP contribution in [0.5, 0.6) is 0 Å². The van der Waals surface area contributed by atoms with Crippen LogP contribution in [0.2, 0.25) is 0 Å². The van der Waals surface area contributed by atoms with E-state index in [9.17, 15) is 41.1 Å². The minimum Gasteiger partial charge on any atom is -0.436 e. The number of alkyl halides is 3. The molecule has 1 aliphatic heterocycles. The Hall–Kier alpha value is -3.97. The highest BCUT2D eigenvalue weighted by molar-refractivity contribution is 6.04. The zero-order valence-corrected chi connectivity index (χ0v) is 20.9. The van der Waals surface area contributed by atoms with Crippen LogP contribution in [-0.2, 0) is 20.9 Å². The van der Waals surface area contributed by atoms with E-state index in [1.807, 2.05) is 0 Å². The third-order valence-corrected chi connectivity index (χ3v) is 7.13. The number of hydrogen-bond acceptors (Lipinski definition) is 5. The van der Waals surface area contributed by atoms with Crippen LogP contribution in [0.4, 0.5) is 31.5 Å². The summed E-state index contributed by atoms with van der Waals surface area (Å²) in [7, 11) is 1.29. The molecule has 2 aliphatic carbocycles. The molecule has 2 N–H and O–H groups in total. The number of nitrogens with one attached hydrogen (secondary N) is 2. The lowest BCUT2D eigenvalue weighted by Gasteiger charge is -2.32. The molecule has 3 atom stereocenters. The molecule has 14 heteroatoms. The molecule has 0 bridgehead atoms. The van der Waals surface area contributed by atoms with Gasteiger partial charge in [0.15, 0.2) is 17.2 Å². The average molecular weight is 556 g/mol. The van der Waals surface area contributed by atoms with E-state index in [1.165, 1.54) is 19.2 Å². The number of carbonyl (C=O) groups excluding carboxylic acids is 4. The summed E-state index contributed by atoms with van der Waals surface area (Å²) in [6, 6.07) is 1.58. The fourth-order valence-corrected chi connectivity index (χ4v) is 4.99. The number of rotatable bonds is 6. The Bertz CT molecular complexity index is 1260. The topological polar surface area (TPSA) is 108 Å². The lowest BCUT2D eigenvalue weighted by atomic mass is 9.85. The van der Waals surface area contributed by atoms with Crippen molar-refractivity contribution in [3.8, 4) is 0 Å². The highest BCUT2D eigenvalue weighted by Crippen LogP contribution is 2.49. The lowest BCUT2D eigenvalue weighted by Crippen LogP contribution is -2.50. The van der Waals surface area contributed by atoms with Crippen LogP contribution >= 0.6 is 0 Å². The fraction of sp³-hybridized carbons (Fsp3) is 0.440. The predicted octanol–water partition coefficient (Wildman–Crippen LogP) is 3.33. The second-order valence-corrected chi connectivity index (χ2v) is 9.57. The Balaban J connectivity index is 1.55. The number of nitrogens with zero attached hydrogens (tertiary/aromatic N) is 2. The molecule has 1 aromatic carbocycles. The minimum atomic E-state index is -4.78. The van der Waals surface area contributed by atoms with Gasteiger partial charge in [-0.2, -0.15) is 13.2 Å². The van der Waals surface area contributed by atoms with Gasteiger partial charge in [-0.05, 0) is 49.1 Å². The Morgan fingerprint density at radius 3 is 2.49 bits per heavy atom. The minimum absolute atomic E-state index is 0.102. The summed E-state index contributed by atoms with van der Waals surface area (Å²) in [5, 5.41) is 4.35. The Morgan fingerprint density at radius 1 is 1.21 bits per heavy atom. The summed E-state index contributed by atoms with van der Waals surface area (Å²) in [6.45, 7) is -0.753. The van der Waals surface area contributed by atoms with E-state index in [2.05, 4.69) is 10.6 Å². The van der Waals surface area contributed by atoms with Crippen LogP contribution in [0.25, 0.3) is 0 Å². The van der Waals surface area contributed by atoms with E-state index in [0.717, 1.165) is 30.0 Å². The monoisotopic (exact) mass is 556 g/mol. The first-order chi connectivity index (χ1) is 18.3. The van der Waals surface area contributed by atoms with Gasteiger partial charge in [0, 0.05) is 19.5 Å². The van der Waals surface area contributed by atoms with E-state index in [-0.39, 0.29) is 30.5 Å². The fourth-order valence-electron chi connectivity index (χ4n) is 4.99. The van der Waals surface area contributed by atoms with Crippen molar-refractivity contribution in [3.05, 3.63) is 58.8 Å². The molecule has 1 spiro atoms. The summed E-state index contributed by atoms with van der Waals surface area (Å²) < 4.78 is 74.3. The van der Waals surface area contributed by atoms with Crippen molar-refractivity contribution in [1.82, 2.24) is 20.4 Å². The Labute approximate surface area is 219 Å². The standard InChI is InChI=1S/C25H25F5N4O5/c1-13(25(28,29)30)34(10-14-3-5-15(26)6-4-14)19(35)11-33-12-24(39-23(33)38)8-7-16-17(24)9-18(27)20(21(16)36)32-22(37)31-2/h3-6,9,13,16H,7-8,10-12H2,1-2H3,(H2,31,32,37). The quantitative estimate of drug-likeness (QED) is 0.523. The highest BCUT2D eigenvalue weighted by Gasteiger charge is 2.57. The van der Waals surface area contributed by atoms with Gasteiger partial charge in [0.1, 0.15) is 24.1 Å². The molecule has 2 fully saturated rings. The van der Waals surface area contributed by atoms with E-state index >= 15 is 0 Å². The normalized spacial score (nSPS) is 23.4.